The maximum absolute atomic E-state index is 6.92. The molecular formula is C45H30N4O. The van der Waals surface area contributed by atoms with Gasteiger partial charge in [-0.3, -0.25) is 0 Å². The lowest BCUT2D eigenvalue weighted by Gasteiger charge is -2.30. The van der Waals surface area contributed by atoms with E-state index >= 15 is 0 Å². The highest BCUT2D eigenvalue weighted by molar-refractivity contribution is 6.00. The minimum atomic E-state index is 0.0737. The van der Waals surface area contributed by atoms with E-state index in [2.05, 4.69) is 114 Å². The van der Waals surface area contributed by atoms with Gasteiger partial charge in [-0.25, -0.2) is 15.0 Å². The number of rotatable bonds is 5. The minimum Gasteiger partial charge on any atom is -0.456 e. The molecule has 0 bridgehead atoms. The molecule has 2 aromatic heterocycles. The van der Waals surface area contributed by atoms with Gasteiger partial charge in [0.05, 0.1) is 11.6 Å². The smallest absolute Gasteiger partial charge is 0.167 e. The lowest BCUT2D eigenvalue weighted by molar-refractivity contribution is 0.584. The van der Waals surface area contributed by atoms with Crippen molar-refractivity contribution in [2.24, 2.45) is 0 Å². The fraction of sp³-hybridized carbons (Fsp3) is 0.0444. The Balaban J connectivity index is 1.24. The van der Waals surface area contributed by atoms with Crippen LogP contribution in [0.5, 0.6) is 0 Å². The lowest BCUT2D eigenvalue weighted by Crippen LogP contribution is -2.30. The topological polar surface area (TPSA) is 55.1 Å². The molecule has 6 aromatic carbocycles. The Morgan fingerprint density at radius 2 is 1.08 bits per heavy atom. The molecule has 5 heteroatoms. The van der Waals surface area contributed by atoms with Crippen LogP contribution in [0.15, 0.2) is 168 Å². The summed E-state index contributed by atoms with van der Waals surface area (Å²) in [5.41, 5.74) is 10.5. The first-order chi connectivity index (χ1) is 24.8. The van der Waals surface area contributed by atoms with Gasteiger partial charge in [0.2, 0.25) is 0 Å². The first kappa shape index (κ1) is 28.4. The fourth-order valence-corrected chi connectivity index (χ4v) is 7.65. The van der Waals surface area contributed by atoms with Gasteiger partial charge in [-0.05, 0) is 53.1 Å². The second kappa shape index (κ2) is 11.5. The molecule has 50 heavy (non-hydrogen) atoms. The van der Waals surface area contributed by atoms with E-state index in [1.807, 2.05) is 60.7 Å². The highest BCUT2D eigenvalue weighted by Crippen LogP contribution is 2.54. The van der Waals surface area contributed by atoms with Gasteiger partial charge in [0.15, 0.2) is 17.5 Å². The molecule has 10 rings (SSSR count). The minimum absolute atomic E-state index is 0.0737. The van der Waals surface area contributed by atoms with Crippen molar-refractivity contribution in [1.29, 1.82) is 0 Å². The molecule has 2 unspecified atom stereocenters. The fourth-order valence-electron chi connectivity index (χ4n) is 7.65. The van der Waals surface area contributed by atoms with E-state index in [0.29, 0.717) is 17.5 Å². The number of hydrogen-bond acceptors (Lipinski definition) is 5. The maximum Gasteiger partial charge on any atom is 0.167 e. The van der Waals surface area contributed by atoms with E-state index in [4.69, 9.17) is 19.4 Å². The number of anilines is 2. The molecule has 236 valence electrons. The van der Waals surface area contributed by atoms with Crippen LogP contribution in [0.2, 0.25) is 0 Å². The van der Waals surface area contributed by atoms with E-state index < -0.39 is 0 Å². The Bertz CT molecular complexity index is 2490. The van der Waals surface area contributed by atoms with Crippen molar-refractivity contribution in [3.8, 4) is 45.3 Å². The summed E-state index contributed by atoms with van der Waals surface area (Å²) in [6.07, 6.45) is 4.45. The largest absolute Gasteiger partial charge is 0.456 e. The van der Waals surface area contributed by atoms with E-state index in [1.54, 1.807) is 0 Å². The van der Waals surface area contributed by atoms with Crippen LogP contribution in [0, 0.1) is 0 Å². The Kier molecular flexibility index (Phi) is 6.56. The van der Waals surface area contributed by atoms with E-state index in [-0.39, 0.29) is 12.0 Å². The van der Waals surface area contributed by atoms with Crippen molar-refractivity contribution in [3.63, 3.8) is 0 Å². The van der Waals surface area contributed by atoms with Crippen molar-refractivity contribution < 1.29 is 4.42 Å². The van der Waals surface area contributed by atoms with Gasteiger partial charge in [0, 0.05) is 39.4 Å². The summed E-state index contributed by atoms with van der Waals surface area (Å²) < 4.78 is 6.92. The van der Waals surface area contributed by atoms with Gasteiger partial charge in [-0.2, -0.15) is 0 Å². The molecule has 5 nitrogen and oxygen atoms in total. The van der Waals surface area contributed by atoms with Crippen LogP contribution in [0.4, 0.5) is 11.4 Å². The predicted octanol–water partition coefficient (Wildman–Crippen LogP) is 11.0. The van der Waals surface area contributed by atoms with E-state index in [1.165, 1.54) is 22.5 Å². The van der Waals surface area contributed by atoms with Crippen LogP contribution in [0.1, 0.15) is 22.8 Å². The molecule has 1 aliphatic heterocycles. The number of benzene rings is 6. The molecule has 0 spiro atoms. The van der Waals surface area contributed by atoms with Crippen LogP contribution < -0.4 is 4.90 Å². The quantitative estimate of drug-likeness (QED) is 0.187. The standard InChI is InChI=1S/C45H30N4O/c1-5-15-29(16-6-1)32-27-35-41-39(26-25-38-40(41)34-23-13-14-24-37(34)49(38)33-21-11-4-12-22-33)50-42(35)36(28-32)45-47-43(30-17-7-2-8-18-30)46-44(48-45)31-19-9-3-10-20-31/h1-28,38,40H. The molecule has 0 N–H and O–H groups in total. The average molecular weight is 643 g/mol. The molecule has 0 amide bonds. The highest BCUT2D eigenvalue weighted by atomic mass is 16.3. The van der Waals surface area contributed by atoms with Crippen LogP contribution >= 0.6 is 0 Å². The number of hydrogen-bond donors (Lipinski definition) is 0. The Hall–Kier alpha value is -6.59. The maximum atomic E-state index is 6.92. The Labute approximate surface area is 289 Å². The molecule has 0 fully saturated rings. The van der Waals surface area contributed by atoms with Gasteiger partial charge < -0.3 is 9.32 Å². The van der Waals surface area contributed by atoms with Crippen LogP contribution in [-0.4, -0.2) is 21.0 Å². The zero-order valence-electron chi connectivity index (χ0n) is 27.0. The molecule has 0 saturated heterocycles. The Morgan fingerprint density at radius 3 is 1.74 bits per heavy atom. The second-order valence-electron chi connectivity index (χ2n) is 12.8. The Morgan fingerprint density at radius 1 is 0.520 bits per heavy atom. The summed E-state index contributed by atoms with van der Waals surface area (Å²) in [6.45, 7) is 0. The zero-order valence-corrected chi connectivity index (χ0v) is 27.0. The SMILES string of the molecule is C1=CC2C(c3ccccc3N2c2ccccc2)c2c1oc1c(-c3nc(-c4ccccc4)nc(-c4ccccc4)n3)cc(-c3ccccc3)cc21. The van der Waals surface area contributed by atoms with Gasteiger partial charge in [-0.15, -0.1) is 0 Å². The molecule has 0 saturated carbocycles. The summed E-state index contributed by atoms with van der Waals surface area (Å²) >= 11 is 0. The van der Waals surface area contributed by atoms with Crippen molar-refractivity contribution >= 4 is 28.4 Å². The van der Waals surface area contributed by atoms with Gasteiger partial charge in [0.1, 0.15) is 11.3 Å². The van der Waals surface area contributed by atoms with Gasteiger partial charge >= 0.3 is 0 Å². The average Bonchev–Trinajstić information content (AvgIpc) is 3.74. The van der Waals surface area contributed by atoms with Crippen molar-refractivity contribution in [2.45, 2.75) is 12.0 Å². The van der Waals surface area contributed by atoms with Crippen LogP contribution in [0.3, 0.4) is 0 Å². The van der Waals surface area contributed by atoms with Gasteiger partial charge in [-0.1, -0.05) is 133 Å². The molecule has 1 aliphatic carbocycles. The summed E-state index contributed by atoms with van der Waals surface area (Å²) in [7, 11) is 0. The second-order valence-corrected chi connectivity index (χ2v) is 12.8. The van der Waals surface area contributed by atoms with Gasteiger partial charge in [0.25, 0.3) is 0 Å². The predicted molar refractivity (Wildman–Crippen MR) is 201 cm³/mol. The van der Waals surface area contributed by atoms with E-state index in [9.17, 15) is 0 Å². The normalized spacial score (nSPS) is 15.9. The summed E-state index contributed by atoms with van der Waals surface area (Å²) in [5, 5.41) is 1.07. The number of aromatic nitrogens is 3. The van der Waals surface area contributed by atoms with Crippen LogP contribution in [0.25, 0.3) is 62.3 Å². The van der Waals surface area contributed by atoms with Crippen molar-refractivity contribution in [1.82, 2.24) is 15.0 Å². The molecule has 2 atom stereocenters. The third kappa shape index (κ3) is 4.59. The number of nitrogens with zero attached hydrogens (tertiary/aromatic N) is 4. The lowest BCUT2D eigenvalue weighted by atomic mass is 9.82. The third-order valence-corrected chi connectivity index (χ3v) is 9.87. The van der Waals surface area contributed by atoms with E-state index in [0.717, 1.165) is 44.5 Å². The molecule has 2 aliphatic rings. The number of fused-ring (bicyclic) bond motifs is 7. The highest BCUT2D eigenvalue weighted by Gasteiger charge is 2.43. The summed E-state index contributed by atoms with van der Waals surface area (Å²) in [4.78, 5) is 17.7. The van der Waals surface area contributed by atoms with Crippen molar-refractivity contribution in [3.05, 3.63) is 181 Å². The third-order valence-electron chi connectivity index (χ3n) is 9.87. The van der Waals surface area contributed by atoms with Crippen molar-refractivity contribution in [2.75, 3.05) is 4.90 Å². The molecule has 0 radical (unpaired) electrons. The zero-order chi connectivity index (χ0) is 33.0. The summed E-state index contributed by atoms with van der Waals surface area (Å²) in [6, 6.07) is 54.7. The molecule has 3 heterocycles. The first-order valence-corrected chi connectivity index (χ1v) is 16.9. The number of furan rings is 1. The number of para-hydroxylation sites is 2. The molecule has 8 aromatic rings. The summed E-state index contributed by atoms with van der Waals surface area (Å²) in [5.74, 6) is 2.76. The van der Waals surface area contributed by atoms with Crippen LogP contribution in [-0.2, 0) is 0 Å². The first-order valence-electron chi connectivity index (χ1n) is 16.9. The monoisotopic (exact) mass is 642 g/mol. The molecular weight excluding hydrogens is 613 g/mol.